The second kappa shape index (κ2) is 8.38. The van der Waals surface area contributed by atoms with Crippen LogP contribution in [0.5, 0.6) is 0 Å². The second-order valence-corrected chi connectivity index (χ2v) is 7.16. The van der Waals surface area contributed by atoms with E-state index in [-0.39, 0.29) is 17.8 Å². The summed E-state index contributed by atoms with van der Waals surface area (Å²) >= 11 is 6.10. The number of carbonyl (C=O) groups is 1. The number of amides is 1. The lowest BCUT2D eigenvalue weighted by atomic mass is 10.0. The van der Waals surface area contributed by atoms with Gasteiger partial charge in [-0.2, -0.15) is 0 Å². The number of rotatable bonds is 5. The standard InChI is InChI=1S/C17H24ClN3O4/c1-11(2)10-25-17(22)20-6-4-13(5-7-20)19-15-9-14(18)12(3)8-16(15)21(23)24/h8-9,11,13,19H,4-7,10H2,1-3H3. The normalized spacial score (nSPS) is 15.3. The van der Waals surface area contributed by atoms with Crippen LogP contribution in [0.2, 0.25) is 5.02 Å². The van der Waals surface area contributed by atoms with E-state index in [2.05, 4.69) is 5.32 Å². The van der Waals surface area contributed by atoms with Gasteiger partial charge in [-0.1, -0.05) is 25.4 Å². The van der Waals surface area contributed by atoms with Gasteiger partial charge in [0.1, 0.15) is 5.69 Å². The molecule has 7 nitrogen and oxygen atoms in total. The maximum Gasteiger partial charge on any atom is 0.409 e. The summed E-state index contributed by atoms with van der Waals surface area (Å²) in [6.45, 7) is 7.24. The van der Waals surface area contributed by atoms with Gasteiger partial charge in [0.05, 0.1) is 11.5 Å². The van der Waals surface area contributed by atoms with E-state index in [9.17, 15) is 14.9 Å². The number of piperidine rings is 1. The highest BCUT2D eigenvalue weighted by Gasteiger charge is 2.26. The molecule has 0 aliphatic carbocycles. The fourth-order valence-corrected chi connectivity index (χ4v) is 2.85. The van der Waals surface area contributed by atoms with Crippen LogP contribution in [0.15, 0.2) is 12.1 Å². The largest absolute Gasteiger partial charge is 0.449 e. The zero-order valence-electron chi connectivity index (χ0n) is 14.8. The minimum atomic E-state index is -0.413. The molecule has 1 aliphatic heterocycles. The summed E-state index contributed by atoms with van der Waals surface area (Å²) in [6.07, 6.45) is 1.09. The summed E-state index contributed by atoms with van der Waals surface area (Å²) in [5.41, 5.74) is 1.10. The number of nitro groups is 1. The quantitative estimate of drug-likeness (QED) is 0.620. The van der Waals surface area contributed by atoms with Crippen LogP contribution in [-0.4, -0.2) is 41.7 Å². The number of nitrogens with one attached hydrogen (secondary N) is 1. The Balaban J connectivity index is 1.95. The highest BCUT2D eigenvalue weighted by molar-refractivity contribution is 6.31. The second-order valence-electron chi connectivity index (χ2n) is 6.75. The van der Waals surface area contributed by atoms with Gasteiger partial charge in [0, 0.05) is 30.2 Å². The molecule has 8 heteroatoms. The number of carbonyl (C=O) groups excluding carboxylic acids is 1. The lowest BCUT2D eigenvalue weighted by Gasteiger charge is -2.32. The molecule has 0 saturated carbocycles. The average molecular weight is 370 g/mol. The number of nitro benzene ring substituents is 1. The van der Waals surface area contributed by atoms with E-state index >= 15 is 0 Å². The Labute approximate surface area is 152 Å². The molecule has 1 fully saturated rings. The Bertz CT molecular complexity index is 643. The van der Waals surface area contributed by atoms with Crippen molar-refractivity contribution in [2.24, 2.45) is 5.92 Å². The van der Waals surface area contributed by atoms with Crippen LogP contribution in [0.1, 0.15) is 32.3 Å². The molecule has 2 rings (SSSR count). The van der Waals surface area contributed by atoms with E-state index in [0.717, 1.165) is 0 Å². The van der Waals surface area contributed by atoms with Crippen molar-refractivity contribution in [3.63, 3.8) is 0 Å². The Morgan fingerprint density at radius 2 is 2.08 bits per heavy atom. The number of hydrogen-bond acceptors (Lipinski definition) is 5. The van der Waals surface area contributed by atoms with E-state index in [1.54, 1.807) is 17.9 Å². The van der Waals surface area contributed by atoms with Crippen molar-refractivity contribution >= 4 is 29.1 Å². The average Bonchev–Trinajstić information content (AvgIpc) is 2.56. The summed E-state index contributed by atoms with van der Waals surface area (Å²) in [6, 6.07) is 3.12. The zero-order chi connectivity index (χ0) is 18.6. The molecule has 25 heavy (non-hydrogen) atoms. The smallest absolute Gasteiger partial charge is 0.409 e. The highest BCUT2D eigenvalue weighted by Crippen LogP contribution is 2.32. The lowest BCUT2D eigenvalue weighted by Crippen LogP contribution is -2.43. The molecule has 1 N–H and O–H groups in total. The molecular weight excluding hydrogens is 346 g/mol. The molecule has 1 amide bonds. The Morgan fingerprint density at radius 3 is 2.64 bits per heavy atom. The molecule has 0 aromatic heterocycles. The monoisotopic (exact) mass is 369 g/mol. The minimum Gasteiger partial charge on any atom is -0.449 e. The highest BCUT2D eigenvalue weighted by atomic mass is 35.5. The molecule has 0 unspecified atom stereocenters. The first-order valence-electron chi connectivity index (χ1n) is 8.40. The molecule has 1 heterocycles. The van der Waals surface area contributed by atoms with Crippen LogP contribution in [0.4, 0.5) is 16.2 Å². The number of ether oxygens (including phenoxy) is 1. The van der Waals surface area contributed by atoms with E-state index < -0.39 is 4.92 Å². The number of likely N-dealkylation sites (tertiary alicyclic amines) is 1. The molecule has 1 saturated heterocycles. The SMILES string of the molecule is Cc1cc([N+](=O)[O-])c(NC2CCN(C(=O)OCC(C)C)CC2)cc1Cl. The van der Waals surface area contributed by atoms with Gasteiger partial charge in [-0.15, -0.1) is 0 Å². The van der Waals surface area contributed by atoms with Gasteiger partial charge in [0.25, 0.3) is 5.69 Å². The lowest BCUT2D eigenvalue weighted by molar-refractivity contribution is -0.384. The number of hydrogen-bond donors (Lipinski definition) is 1. The molecule has 138 valence electrons. The predicted molar refractivity (Wildman–Crippen MR) is 97.2 cm³/mol. The minimum absolute atomic E-state index is 0.0145. The van der Waals surface area contributed by atoms with Crippen molar-refractivity contribution in [3.8, 4) is 0 Å². The molecule has 0 radical (unpaired) electrons. The summed E-state index contributed by atoms with van der Waals surface area (Å²) < 4.78 is 5.24. The molecule has 0 spiro atoms. The maximum absolute atomic E-state index is 12.0. The first kappa shape index (κ1) is 19.3. The third kappa shape index (κ3) is 5.22. The van der Waals surface area contributed by atoms with Crippen LogP contribution >= 0.6 is 11.6 Å². The molecule has 1 aromatic rings. The van der Waals surface area contributed by atoms with Crippen molar-refractivity contribution in [1.82, 2.24) is 4.90 Å². The Hall–Kier alpha value is -2.02. The summed E-state index contributed by atoms with van der Waals surface area (Å²) in [4.78, 5) is 24.5. The van der Waals surface area contributed by atoms with Crippen molar-refractivity contribution < 1.29 is 14.5 Å². The van der Waals surface area contributed by atoms with Crippen molar-refractivity contribution in [2.45, 2.75) is 39.7 Å². The van der Waals surface area contributed by atoms with Crippen molar-refractivity contribution in [1.29, 1.82) is 0 Å². The van der Waals surface area contributed by atoms with Crippen LogP contribution in [-0.2, 0) is 4.74 Å². The van der Waals surface area contributed by atoms with Gasteiger partial charge in [-0.25, -0.2) is 4.79 Å². The number of nitrogens with zero attached hydrogens (tertiary/aromatic N) is 2. The third-order valence-corrected chi connectivity index (χ3v) is 4.53. The summed E-state index contributed by atoms with van der Waals surface area (Å²) in [5, 5.41) is 14.9. The van der Waals surface area contributed by atoms with Crippen molar-refractivity contribution in [3.05, 3.63) is 32.8 Å². The van der Waals surface area contributed by atoms with E-state index in [0.29, 0.717) is 54.7 Å². The summed E-state index contributed by atoms with van der Waals surface area (Å²) in [7, 11) is 0. The van der Waals surface area contributed by atoms with Crippen LogP contribution < -0.4 is 5.32 Å². The van der Waals surface area contributed by atoms with E-state index in [1.807, 2.05) is 13.8 Å². The maximum atomic E-state index is 12.0. The van der Waals surface area contributed by atoms with Crippen LogP contribution in [0.3, 0.4) is 0 Å². The van der Waals surface area contributed by atoms with Gasteiger partial charge in [0.15, 0.2) is 0 Å². The third-order valence-electron chi connectivity index (χ3n) is 4.13. The topological polar surface area (TPSA) is 84.7 Å². The van der Waals surface area contributed by atoms with Crippen LogP contribution in [0.25, 0.3) is 0 Å². The molecule has 1 aromatic carbocycles. The first-order chi connectivity index (χ1) is 11.8. The van der Waals surface area contributed by atoms with E-state index in [4.69, 9.17) is 16.3 Å². The number of benzene rings is 1. The molecule has 1 aliphatic rings. The van der Waals surface area contributed by atoms with Gasteiger partial charge in [-0.05, 0) is 37.3 Å². The number of anilines is 1. The molecular formula is C17H24ClN3O4. The molecule has 0 atom stereocenters. The first-order valence-corrected chi connectivity index (χ1v) is 8.78. The fraction of sp³-hybridized carbons (Fsp3) is 0.588. The molecule has 0 bridgehead atoms. The zero-order valence-corrected chi connectivity index (χ0v) is 15.5. The van der Waals surface area contributed by atoms with Gasteiger partial charge in [-0.3, -0.25) is 10.1 Å². The van der Waals surface area contributed by atoms with Gasteiger partial charge < -0.3 is 15.0 Å². The van der Waals surface area contributed by atoms with E-state index in [1.165, 1.54) is 6.07 Å². The van der Waals surface area contributed by atoms with Crippen molar-refractivity contribution in [2.75, 3.05) is 25.0 Å². The predicted octanol–water partition coefficient (Wildman–Crippen LogP) is 4.23. The number of aryl methyl sites for hydroxylation is 1. The summed E-state index contributed by atoms with van der Waals surface area (Å²) in [5.74, 6) is 0.301. The number of halogens is 1. The Kier molecular flexibility index (Phi) is 6.47. The Morgan fingerprint density at radius 1 is 1.44 bits per heavy atom. The fourth-order valence-electron chi connectivity index (χ4n) is 2.69. The van der Waals surface area contributed by atoms with Gasteiger partial charge in [0.2, 0.25) is 0 Å². The van der Waals surface area contributed by atoms with Crippen LogP contribution in [0, 0.1) is 23.0 Å². The van der Waals surface area contributed by atoms with Gasteiger partial charge >= 0.3 is 6.09 Å².